The summed E-state index contributed by atoms with van der Waals surface area (Å²) in [7, 11) is -7.68. The molecule has 0 aromatic heterocycles. The number of alkyl halides is 3. The highest BCUT2D eigenvalue weighted by Gasteiger charge is 2.46. The number of sulfone groups is 2. The van der Waals surface area contributed by atoms with Gasteiger partial charge in [-0.15, -0.1) is 0 Å². The van der Waals surface area contributed by atoms with Crippen LogP contribution < -0.4 is 9.47 Å². The molecule has 52 heavy (non-hydrogen) atoms. The fraction of sp³-hybridized carbons (Fsp3) is 0.235. The molecule has 4 aromatic rings. The van der Waals surface area contributed by atoms with Crippen molar-refractivity contribution in [1.29, 1.82) is 10.5 Å². The summed E-state index contributed by atoms with van der Waals surface area (Å²) in [5, 5.41) is 47.8. The molecule has 0 saturated heterocycles. The van der Waals surface area contributed by atoms with Gasteiger partial charge in [0.15, 0.2) is 38.2 Å². The van der Waals surface area contributed by atoms with Crippen molar-refractivity contribution in [3.05, 3.63) is 106 Å². The normalized spacial score (nSPS) is 21.9. The summed E-state index contributed by atoms with van der Waals surface area (Å²) < 4.78 is 128. The smallest absolute Gasteiger partial charge is 0.175 e. The molecule has 6 rings (SSSR count). The third kappa shape index (κ3) is 7.29. The number of ether oxygens (including phenoxy) is 2. The minimum atomic E-state index is -3.87. The van der Waals surface area contributed by atoms with Gasteiger partial charge in [0.1, 0.15) is 52.9 Å². The van der Waals surface area contributed by atoms with Gasteiger partial charge in [0.25, 0.3) is 0 Å². The maximum absolute atomic E-state index is 14.4. The van der Waals surface area contributed by atoms with E-state index in [-0.39, 0.29) is 50.1 Å². The molecule has 2 aliphatic carbocycles. The van der Waals surface area contributed by atoms with Crippen LogP contribution >= 0.6 is 0 Å². The third-order valence-electron chi connectivity index (χ3n) is 8.02. The first-order valence-electron chi connectivity index (χ1n) is 14.7. The molecular weight excluding hydrogens is 740 g/mol. The Balaban J connectivity index is 0.000000201. The fourth-order valence-electron chi connectivity index (χ4n) is 5.81. The molecule has 0 aliphatic heterocycles. The lowest BCUT2D eigenvalue weighted by Gasteiger charge is -2.15. The van der Waals surface area contributed by atoms with Gasteiger partial charge >= 0.3 is 0 Å². The second-order valence-corrected chi connectivity index (χ2v) is 15.7. The van der Waals surface area contributed by atoms with E-state index in [0.29, 0.717) is 0 Å². The highest BCUT2D eigenvalue weighted by molar-refractivity contribution is 7.91. The Morgan fingerprint density at radius 1 is 0.596 bits per heavy atom. The van der Waals surface area contributed by atoms with Gasteiger partial charge < -0.3 is 24.8 Å². The van der Waals surface area contributed by atoms with Crippen LogP contribution in [-0.4, -0.2) is 57.0 Å². The van der Waals surface area contributed by atoms with Crippen molar-refractivity contribution in [3.8, 4) is 35.1 Å². The molecule has 0 fully saturated rings. The number of rotatable bonds is 6. The van der Waals surface area contributed by atoms with Gasteiger partial charge in [-0.25, -0.2) is 38.8 Å². The zero-order valence-electron chi connectivity index (χ0n) is 26.6. The van der Waals surface area contributed by atoms with Crippen molar-refractivity contribution in [1.82, 2.24) is 0 Å². The molecule has 0 spiro atoms. The monoisotopic (exact) mass is 764 g/mol. The van der Waals surface area contributed by atoms with Crippen LogP contribution in [0, 0.1) is 34.3 Å². The maximum Gasteiger partial charge on any atom is 0.175 e. The number of hydrogen-bond acceptors (Lipinski definition) is 11. The number of fused-ring (bicyclic) bond motifs is 2. The quantitative estimate of drug-likeness (QED) is 0.207. The summed E-state index contributed by atoms with van der Waals surface area (Å²) in [6.07, 6.45) is -10.7. The highest BCUT2D eigenvalue weighted by Crippen LogP contribution is 2.51. The number of halogens is 5. The van der Waals surface area contributed by atoms with Gasteiger partial charge in [-0.05, 0) is 48.5 Å². The molecule has 0 amide bonds. The van der Waals surface area contributed by atoms with E-state index in [1.807, 2.05) is 0 Å². The molecule has 0 heterocycles. The van der Waals surface area contributed by atoms with Gasteiger partial charge in [0.2, 0.25) is 0 Å². The minimum absolute atomic E-state index is 0.0200. The predicted molar refractivity (Wildman–Crippen MR) is 170 cm³/mol. The highest BCUT2D eigenvalue weighted by atomic mass is 32.2. The van der Waals surface area contributed by atoms with Crippen LogP contribution in [0.1, 0.15) is 57.9 Å². The average molecular weight is 765 g/mol. The lowest BCUT2D eigenvalue weighted by Crippen LogP contribution is -2.13. The SMILES string of the molecule is CS(=O)(=O)c1ccc(Oc2cc(F)cc(C#N)c2)c2c1[C@H](O)[C@H](F)[C@@H]2F.CS(=O)(=O)c1ccc(Oc2cc(F)cc(C#N)c2)c2c1[C@H](O)[C@H](F)[C@H]2O. The topological polar surface area (TPSA) is 195 Å². The van der Waals surface area contributed by atoms with Crippen LogP contribution in [0.25, 0.3) is 0 Å². The summed E-state index contributed by atoms with van der Waals surface area (Å²) in [5.41, 5.74) is -1.45. The second kappa shape index (κ2) is 14.1. The fourth-order valence-corrected chi connectivity index (χ4v) is 7.70. The van der Waals surface area contributed by atoms with Crippen molar-refractivity contribution < 1.29 is 63.6 Å². The average Bonchev–Trinajstić information content (AvgIpc) is 3.43. The lowest BCUT2D eigenvalue weighted by atomic mass is 10.1. The molecule has 0 unspecified atom stereocenters. The molecule has 3 N–H and O–H groups in total. The van der Waals surface area contributed by atoms with Crippen LogP contribution in [0.15, 0.2) is 70.5 Å². The number of nitriles is 2. The van der Waals surface area contributed by atoms with Gasteiger partial charge in [0, 0.05) is 46.9 Å². The van der Waals surface area contributed by atoms with Crippen molar-refractivity contribution in [3.63, 3.8) is 0 Å². The van der Waals surface area contributed by atoms with Gasteiger partial charge in [0.05, 0.1) is 33.1 Å². The van der Waals surface area contributed by atoms with Crippen LogP contribution in [0.5, 0.6) is 23.0 Å². The maximum atomic E-state index is 14.4. The van der Waals surface area contributed by atoms with Gasteiger partial charge in [-0.3, -0.25) is 0 Å². The first-order chi connectivity index (χ1) is 24.3. The largest absolute Gasteiger partial charge is 0.457 e. The molecule has 6 atom stereocenters. The minimum Gasteiger partial charge on any atom is -0.457 e. The van der Waals surface area contributed by atoms with Crippen molar-refractivity contribution in [2.45, 2.75) is 46.6 Å². The van der Waals surface area contributed by atoms with Crippen molar-refractivity contribution in [2.75, 3.05) is 12.5 Å². The Morgan fingerprint density at radius 2 is 0.981 bits per heavy atom. The van der Waals surface area contributed by atoms with E-state index in [2.05, 4.69) is 0 Å². The van der Waals surface area contributed by atoms with Crippen LogP contribution in [-0.2, 0) is 19.7 Å². The van der Waals surface area contributed by atoms with Gasteiger partial charge in [-0.1, -0.05) is 0 Å². The summed E-state index contributed by atoms with van der Waals surface area (Å²) in [4.78, 5) is -0.740. The van der Waals surface area contributed by atoms with E-state index in [1.54, 1.807) is 12.1 Å². The third-order valence-corrected chi connectivity index (χ3v) is 10.3. The van der Waals surface area contributed by atoms with E-state index in [9.17, 15) is 54.1 Å². The molecule has 272 valence electrons. The number of nitrogens with zero attached hydrogens (tertiary/aromatic N) is 2. The molecule has 0 bridgehead atoms. The first-order valence-corrected chi connectivity index (χ1v) is 18.5. The van der Waals surface area contributed by atoms with Crippen molar-refractivity contribution in [2.24, 2.45) is 0 Å². The standard InChI is InChI=1S/C17H12F3NO4S.C17H13F2NO5S/c1-26(23,24)12-3-2-11(13-14(12)17(22)16(20)15(13)19)25-10-5-8(7-21)4-9(18)6-10;1-26(23,24)12-3-2-11(13-14(12)17(22)15(19)16(13)21)25-10-5-8(7-20)4-9(18)6-10/h2-6,15-17,22H,1H3;2-6,15-17,21-22H,1H3/t15-,16-,17+;15-,16+,17+/m11/s1. The van der Waals surface area contributed by atoms with Crippen LogP contribution in [0.2, 0.25) is 0 Å². The summed E-state index contributed by atoms with van der Waals surface area (Å²) in [6, 6.07) is 14.2. The van der Waals surface area contributed by atoms with E-state index in [1.165, 1.54) is 18.2 Å². The Kier molecular flexibility index (Phi) is 10.4. The van der Waals surface area contributed by atoms with Crippen molar-refractivity contribution >= 4 is 19.7 Å². The molecule has 2 aliphatic rings. The zero-order chi connectivity index (χ0) is 38.4. The molecule has 18 heteroatoms. The van der Waals surface area contributed by atoms with Crippen LogP contribution in [0.4, 0.5) is 22.0 Å². The van der Waals surface area contributed by atoms with E-state index >= 15 is 0 Å². The number of aliphatic hydroxyl groups is 3. The van der Waals surface area contributed by atoms with Gasteiger partial charge in [-0.2, -0.15) is 10.5 Å². The number of benzene rings is 4. The Bertz CT molecular complexity index is 2230. The molecule has 11 nitrogen and oxygen atoms in total. The Hall–Kier alpha value is -5.11. The predicted octanol–water partition coefficient (Wildman–Crippen LogP) is 5.60. The Labute approximate surface area is 293 Å². The molecule has 4 aromatic carbocycles. The molecule has 0 radical (unpaired) electrons. The number of hydrogen-bond donors (Lipinski definition) is 3. The second-order valence-electron chi connectivity index (χ2n) is 11.7. The Morgan fingerprint density at radius 3 is 1.40 bits per heavy atom. The van der Waals surface area contributed by atoms with E-state index < -0.39 is 84.2 Å². The van der Waals surface area contributed by atoms with Crippen LogP contribution in [0.3, 0.4) is 0 Å². The summed E-state index contributed by atoms with van der Waals surface area (Å²) >= 11 is 0. The molecular formula is C34H25F5N2O9S2. The molecule has 0 saturated carbocycles. The first kappa shape index (κ1) is 38.1. The number of aliphatic hydroxyl groups excluding tert-OH is 3. The van der Waals surface area contributed by atoms with E-state index in [0.717, 1.165) is 55.0 Å². The summed E-state index contributed by atoms with van der Waals surface area (Å²) in [5.74, 6) is -2.18. The van der Waals surface area contributed by atoms with E-state index in [4.69, 9.17) is 20.0 Å². The zero-order valence-corrected chi connectivity index (χ0v) is 28.3. The summed E-state index contributed by atoms with van der Waals surface area (Å²) in [6.45, 7) is 0. The lowest BCUT2D eigenvalue weighted by molar-refractivity contribution is 0.00836.